The van der Waals surface area contributed by atoms with Crippen LogP contribution in [0.5, 0.6) is 0 Å². The molecule has 1 aliphatic carbocycles. The Balaban J connectivity index is 0.00000128. The maximum atomic E-state index is 13.3. The number of halogens is 4. The first-order chi connectivity index (χ1) is 7.11. The monoisotopic (exact) mass is 251 g/mol. The van der Waals surface area contributed by atoms with Crippen LogP contribution in [0.3, 0.4) is 0 Å². The fraction of sp³-hybridized carbons (Fsp3) is 0.455. The lowest BCUT2D eigenvalue weighted by molar-refractivity contribution is 0.254. The van der Waals surface area contributed by atoms with Crippen molar-refractivity contribution in [2.45, 2.75) is 25.3 Å². The summed E-state index contributed by atoms with van der Waals surface area (Å²) in [5.41, 5.74) is 5.42. The highest BCUT2D eigenvalue weighted by Gasteiger charge is 2.30. The van der Waals surface area contributed by atoms with Crippen molar-refractivity contribution in [3.05, 3.63) is 35.1 Å². The fourth-order valence-electron chi connectivity index (χ4n) is 1.88. The SMILES string of the molecule is Cl.N[C@H](c1c(F)ccc(F)c1F)C1CCC1. The second-order valence-corrected chi connectivity index (χ2v) is 3.97. The van der Waals surface area contributed by atoms with Crippen molar-refractivity contribution in [2.75, 3.05) is 0 Å². The van der Waals surface area contributed by atoms with Crippen LogP contribution in [-0.2, 0) is 0 Å². The van der Waals surface area contributed by atoms with Crippen LogP contribution in [0.25, 0.3) is 0 Å². The molecule has 0 unspecified atom stereocenters. The fourth-order valence-corrected chi connectivity index (χ4v) is 1.88. The normalized spacial score (nSPS) is 17.5. The van der Waals surface area contributed by atoms with Gasteiger partial charge >= 0.3 is 0 Å². The maximum Gasteiger partial charge on any atom is 0.166 e. The lowest BCUT2D eigenvalue weighted by Crippen LogP contribution is -2.28. The Labute approximate surface area is 98.2 Å². The van der Waals surface area contributed by atoms with Crippen LogP contribution in [0.15, 0.2) is 12.1 Å². The van der Waals surface area contributed by atoms with Gasteiger partial charge in [-0.2, -0.15) is 0 Å². The van der Waals surface area contributed by atoms with Gasteiger partial charge < -0.3 is 5.73 Å². The molecule has 0 amide bonds. The zero-order chi connectivity index (χ0) is 11.0. The zero-order valence-electron chi connectivity index (χ0n) is 8.55. The number of benzene rings is 1. The molecular weight excluding hydrogens is 239 g/mol. The van der Waals surface area contributed by atoms with Gasteiger partial charge in [-0.15, -0.1) is 12.4 Å². The molecule has 1 aliphatic rings. The smallest absolute Gasteiger partial charge is 0.166 e. The van der Waals surface area contributed by atoms with Crippen LogP contribution in [-0.4, -0.2) is 0 Å². The van der Waals surface area contributed by atoms with E-state index in [-0.39, 0.29) is 23.9 Å². The average Bonchev–Trinajstić information content (AvgIpc) is 2.09. The van der Waals surface area contributed by atoms with Crippen molar-refractivity contribution in [1.29, 1.82) is 0 Å². The van der Waals surface area contributed by atoms with Gasteiger partial charge in [0.1, 0.15) is 5.82 Å². The highest BCUT2D eigenvalue weighted by atomic mass is 35.5. The Kier molecular flexibility index (Phi) is 4.21. The average molecular weight is 252 g/mol. The van der Waals surface area contributed by atoms with E-state index in [1.165, 1.54) is 0 Å². The molecule has 0 radical (unpaired) electrons. The third kappa shape index (κ3) is 2.18. The molecule has 0 saturated heterocycles. The summed E-state index contributed by atoms with van der Waals surface area (Å²) in [6.45, 7) is 0. The van der Waals surface area contributed by atoms with Crippen LogP contribution in [0.2, 0.25) is 0 Å². The van der Waals surface area contributed by atoms with Gasteiger partial charge in [0.15, 0.2) is 11.6 Å². The van der Waals surface area contributed by atoms with Gasteiger partial charge in [0.25, 0.3) is 0 Å². The van der Waals surface area contributed by atoms with Gasteiger partial charge in [-0.1, -0.05) is 6.42 Å². The van der Waals surface area contributed by atoms with Gasteiger partial charge in [0.2, 0.25) is 0 Å². The molecular formula is C11H13ClF3N. The summed E-state index contributed by atoms with van der Waals surface area (Å²) in [7, 11) is 0. The molecule has 1 fully saturated rings. The molecule has 1 aromatic carbocycles. The van der Waals surface area contributed by atoms with E-state index in [1.54, 1.807) is 0 Å². The third-order valence-electron chi connectivity index (χ3n) is 3.07. The zero-order valence-corrected chi connectivity index (χ0v) is 9.37. The van der Waals surface area contributed by atoms with Gasteiger partial charge in [-0.25, -0.2) is 13.2 Å². The predicted octanol–water partition coefficient (Wildman–Crippen LogP) is 3.33. The Hall–Kier alpha value is -0.740. The van der Waals surface area contributed by atoms with E-state index in [4.69, 9.17) is 5.73 Å². The van der Waals surface area contributed by atoms with E-state index in [2.05, 4.69) is 0 Å². The first-order valence-electron chi connectivity index (χ1n) is 5.00. The molecule has 1 saturated carbocycles. The topological polar surface area (TPSA) is 26.0 Å². The lowest BCUT2D eigenvalue weighted by atomic mass is 9.77. The minimum atomic E-state index is -1.14. The van der Waals surface area contributed by atoms with Gasteiger partial charge in [-0.3, -0.25) is 0 Å². The molecule has 1 aromatic rings. The van der Waals surface area contributed by atoms with Crippen molar-refractivity contribution in [2.24, 2.45) is 11.7 Å². The molecule has 5 heteroatoms. The number of hydrogen-bond acceptors (Lipinski definition) is 1. The Morgan fingerprint density at radius 1 is 1.12 bits per heavy atom. The van der Waals surface area contributed by atoms with Crippen LogP contribution < -0.4 is 5.73 Å². The minimum Gasteiger partial charge on any atom is -0.324 e. The maximum absolute atomic E-state index is 13.3. The second kappa shape index (κ2) is 5.06. The molecule has 2 N–H and O–H groups in total. The van der Waals surface area contributed by atoms with E-state index in [0.29, 0.717) is 0 Å². The van der Waals surface area contributed by atoms with Crippen molar-refractivity contribution in [1.82, 2.24) is 0 Å². The standard InChI is InChI=1S/C11H12F3N.ClH/c12-7-4-5-8(13)10(14)9(7)11(15)6-2-1-3-6;/h4-6,11H,1-3,15H2;1H/t11-;/m0./s1. The van der Waals surface area contributed by atoms with Crippen LogP contribution >= 0.6 is 12.4 Å². The first-order valence-corrected chi connectivity index (χ1v) is 5.00. The van der Waals surface area contributed by atoms with Gasteiger partial charge in [-0.05, 0) is 30.9 Å². The van der Waals surface area contributed by atoms with Crippen molar-refractivity contribution >= 4 is 12.4 Å². The summed E-state index contributed by atoms with van der Waals surface area (Å²) < 4.78 is 39.6. The van der Waals surface area contributed by atoms with E-state index in [9.17, 15) is 13.2 Å². The van der Waals surface area contributed by atoms with Crippen molar-refractivity contribution < 1.29 is 13.2 Å². The molecule has 90 valence electrons. The first kappa shape index (κ1) is 13.3. The molecule has 0 spiro atoms. The highest BCUT2D eigenvalue weighted by molar-refractivity contribution is 5.85. The molecule has 0 aromatic heterocycles. The van der Waals surface area contributed by atoms with E-state index in [1.807, 2.05) is 0 Å². The molecule has 1 atom stereocenters. The lowest BCUT2D eigenvalue weighted by Gasteiger charge is -2.31. The minimum absolute atomic E-state index is 0. The molecule has 0 aliphatic heterocycles. The molecule has 0 heterocycles. The molecule has 2 rings (SSSR count). The van der Waals surface area contributed by atoms with E-state index in [0.717, 1.165) is 31.4 Å². The quantitative estimate of drug-likeness (QED) is 0.802. The summed E-state index contributed by atoms with van der Waals surface area (Å²) in [6, 6.07) is 0.975. The van der Waals surface area contributed by atoms with Crippen LogP contribution in [0.4, 0.5) is 13.2 Å². The van der Waals surface area contributed by atoms with E-state index >= 15 is 0 Å². The Morgan fingerprint density at radius 3 is 2.19 bits per heavy atom. The van der Waals surface area contributed by atoms with Crippen LogP contribution in [0, 0.1) is 23.4 Å². The summed E-state index contributed by atoms with van der Waals surface area (Å²) >= 11 is 0. The second-order valence-electron chi connectivity index (χ2n) is 3.97. The summed E-state index contributed by atoms with van der Waals surface area (Å²) in [5, 5.41) is 0. The van der Waals surface area contributed by atoms with Crippen molar-refractivity contribution in [3.63, 3.8) is 0 Å². The van der Waals surface area contributed by atoms with Crippen LogP contribution in [0.1, 0.15) is 30.9 Å². The molecule has 1 nitrogen and oxygen atoms in total. The van der Waals surface area contributed by atoms with Gasteiger partial charge in [0.05, 0.1) is 0 Å². The summed E-state index contributed by atoms with van der Waals surface area (Å²) in [4.78, 5) is 0. The summed E-state index contributed by atoms with van der Waals surface area (Å²) in [6.07, 6.45) is 2.74. The predicted molar refractivity (Wildman–Crippen MR) is 57.8 cm³/mol. The summed E-state index contributed by atoms with van der Waals surface area (Å²) in [5.74, 6) is -2.86. The Bertz CT molecular complexity index is 380. The van der Waals surface area contributed by atoms with E-state index < -0.39 is 23.5 Å². The molecule has 16 heavy (non-hydrogen) atoms. The number of rotatable bonds is 2. The largest absolute Gasteiger partial charge is 0.324 e. The highest BCUT2D eigenvalue weighted by Crippen LogP contribution is 2.38. The number of nitrogens with two attached hydrogens (primary N) is 1. The Morgan fingerprint density at radius 2 is 1.69 bits per heavy atom. The molecule has 0 bridgehead atoms. The van der Waals surface area contributed by atoms with Crippen molar-refractivity contribution in [3.8, 4) is 0 Å². The van der Waals surface area contributed by atoms with Gasteiger partial charge in [0, 0.05) is 11.6 Å². The third-order valence-corrected chi connectivity index (χ3v) is 3.07. The number of hydrogen-bond donors (Lipinski definition) is 1.